The molecule has 2 aromatic heterocycles. The molecule has 2 aromatic carbocycles. The molecule has 10 heteroatoms. The van der Waals surface area contributed by atoms with Gasteiger partial charge in [-0.2, -0.15) is 13.2 Å². The standard InChI is InChI=1S/C22H16F3N3O2S2/c1-12-2-3-13(6-15(12)22(23,24)25)9-20(30)28-21-27-16-5-4-14(8-19(16)32-21)7-18(29)17-10-31-11-26-17/h2-6,8,10-11H,7,9H2,1H3,(H,27,28,30). The lowest BCUT2D eigenvalue weighted by atomic mass is 10.0. The van der Waals surface area contributed by atoms with Gasteiger partial charge in [0.15, 0.2) is 10.9 Å². The van der Waals surface area contributed by atoms with Crippen LogP contribution in [0.3, 0.4) is 0 Å². The molecule has 1 N–H and O–H groups in total. The molecule has 0 saturated heterocycles. The zero-order valence-electron chi connectivity index (χ0n) is 16.7. The normalized spacial score (nSPS) is 11.6. The highest BCUT2D eigenvalue weighted by Gasteiger charge is 2.32. The average Bonchev–Trinajstić information content (AvgIpc) is 3.37. The Morgan fingerprint density at radius 1 is 1.06 bits per heavy atom. The number of carbonyl (C=O) groups excluding carboxylic acids is 2. The van der Waals surface area contributed by atoms with Gasteiger partial charge in [0.05, 0.1) is 27.7 Å². The van der Waals surface area contributed by atoms with Gasteiger partial charge in [0.2, 0.25) is 5.91 Å². The van der Waals surface area contributed by atoms with Crippen molar-refractivity contribution in [2.45, 2.75) is 25.9 Å². The second-order valence-corrected chi connectivity index (χ2v) is 8.92. The Bertz CT molecular complexity index is 1300. The molecule has 0 fully saturated rings. The zero-order valence-corrected chi connectivity index (χ0v) is 18.3. The lowest BCUT2D eigenvalue weighted by molar-refractivity contribution is -0.138. The number of nitrogens with zero attached hydrogens (tertiary/aromatic N) is 2. The van der Waals surface area contributed by atoms with Crippen LogP contribution >= 0.6 is 22.7 Å². The van der Waals surface area contributed by atoms with Crippen molar-refractivity contribution in [3.05, 3.63) is 75.2 Å². The van der Waals surface area contributed by atoms with E-state index < -0.39 is 17.6 Å². The maximum Gasteiger partial charge on any atom is 0.416 e. The van der Waals surface area contributed by atoms with E-state index in [0.29, 0.717) is 16.3 Å². The van der Waals surface area contributed by atoms with Crippen LogP contribution in [0.4, 0.5) is 18.3 Å². The molecule has 0 aliphatic carbocycles. The first kappa shape index (κ1) is 22.1. The maximum atomic E-state index is 13.1. The summed E-state index contributed by atoms with van der Waals surface area (Å²) in [5.74, 6) is -0.542. The highest BCUT2D eigenvalue weighted by molar-refractivity contribution is 7.22. The van der Waals surface area contributed by atoms with E-state index in [1.165, 1.54) is 41.7 Å². The number of halogens is 3. The summed E-state index contributed by atoms with van der Waals surface area (Å²) in [6, 6.07) is 9.26. The van der Waals surface area contributed by atoms with E-state index in [1.807, 2.05) is 6.07 Å². The number of fused-ring (bicyclic) bond motifs is 1. The number of nitrogens with one attached hydrogen (secondary N) is 1. The van der Waals surface area contributed by atoms with Crippen LogP contribution in [0.2, 0.25) is 0 Å². The summed E-state index contributed by atoms with van der Waals surface area (Å²) in [6.07, 6.45) is -4.47. The SMILES string of the molecule is Cc1ccc(CC(=O)Nc2nc3ccc(CC(=O)c4cscn4)cc3s2)cc1C(F)(F)F. The van der Waals surface area contributed by atoms with Gasteiger partial charge in [0, 0.05) is 11.8 Å². The molecule has 0 bridgehead atoms. The van der Waals surface area contributed by atoms with E-state index in [-0.39, 0.29) is 29.8 Å². The third-order valence-electron chi connectivity index (χ3n) is 4.75. The fourth-order valence-electron chi connectivity index (χ4n) is 3.19. The monoisotopic (exact) mass is 475 g/mol. The van der Waals surface area contributed by atoms with Crippen molar-refractivity contribution in [1.29, 1.82) is 0 Å². The van der Waals surface area contributed by atoms with Crippen molar-refractivity contribution in [1.82, 2.24) is 9.97 Å². The highest BCUT2D eigenvalue weighted by atomic mass is 32.1. The second kappa shape index (κ2) is 8.79. The van der Waals surface area contributed by atoms with E-state index in [4.69, 9.17) is 0 Å². The number of hydrogen-bond acceptors (Lipinski definition) is 6. The molecule has 4 aromatic rings. The Morgan fingerprint density at radius 2 is 1.81 bits per heavy atom. The molecule has 2 heterocycles. The number of ketones is 1. The molecule has 4 rings (SSSR count). The first-order chi connectivity index (χ1) is 15.2. The lowest BCUT2D eigenvalue weighted by Gasteiger charge is -2.11. The fraction of sp³-hybridized carbons (Fsp3) is 0.182. The minimum Gasteiger partial charge on any atom is -0.302 e. The van der Waals surface area contributed by atoms with Gasteiger partial charge in [-0.3, -0.25) is 9.59 Å². The van der Waals surface area contributed by atoms with Gasteiger partial charge < -0.3 is 5.32 Å². The maximum absolute atomic E-state index is 13.1. The third-order valence-corrected chi connectivity index (χ3v) is 6.27. The van der Waals surface area contributed by atoms with E-state index in [9.17, 15) is 22.8 Å². The molecule has 0 saturated carbocycles. The summed E-state index contributed by atoms with van der Waals surface area (Å²) < 4.78 is 40.1. The molecule has 0 radical (unpaired) electrons. The summed E-state index contributed by atoms with van der Waals surface area (Å²) in [7, 11) is 0. The summed E-state index contributed by atoms with van der Waals surface area (Å²) in [5, 5.41) is 4.69. The van der Waals surface area contributed by atoms with Crippen LogP contribution in [-0.4, -0.2) is 21.7 Å². The summed E-state index contributed by atoms with van der Waals surface area (Å²) in [5.41, 5.74) is 3.12. The van der Waals surface area contributed by atoms with Gasteiger partial charge in [0.25, 0.3) is 0 Å². The van der Waals surface area contributed by atoms with Crippen molar-refractivity contribution in [3.63, 3.8) is 0 Å². The van der Waals surface area contributed by atoms with Crippen molar-refractivity contribution >= 4 is 49.7 Å². The van der Waals surface area contributed by atoms with Gasteiger partial charge in [-0.1, -0.05) is 29.5 Å². The van der Waals surface area contributed by atoms with Crippen LogP contribution in [0.5, 0.6) is 0 Å². The van der Waals surface area contributed by atoms with Crippen LogP contribution in [0.25, 0.3) is 10.2 Å². The molecule has 0 aliphatic rings. The lowest BCUT2D eigenvalue weighted by Crippen LogP contribution is -2.15. The molecule has 0 atom stereocenters. The minimum absolute atomic E-state index is 0.0834. The zero-order chi connectivity index (χ0) is 22.9. The number of anilines is 1. The van der Waals surface area contributed by atoms with Crippen LogP contribution in [-0.2, 0) is 23.8 Å². The van der Waals surface area contributed by atoms with Crippen molar-refractivity contribution in [2.24, 2.45) is 0 Å². The van der Waals surface area contributed by atoms with Crippen molar-refractivity contribution in [2.75, 3.05) is 5.32 Å². The Hall–Kier alpha value is -3.11. The minimum atomic E-state index is -4.47. The van der Waals surface area contributed by atoms with E-state index >= 15 is 0 Å². The van der Waals surface area contributed by atoms with Crippen LogP contribution in [0.15, 0.2) is 47.3 Å². The number of amides is 1. The predicted octanol–water partition coefficient (Wildman–Crippen LogP) is 5.69. The smallest absolute Gasteiger partial charge is 0.302 e. The fourth-order valence-corrected chi connectivity index (χ4v) is 4.69. The second-order valence-electron chi connectivity index (χ2n) is 7.17. The summed E-state index contributed by atoms with van der Waals surface area (Å²) in [6.45, 7) is 1.38. The number of rotatable bonds is 6. The average molecular weight is 476 g/mol. The molecule has 0 unspecified atom stereocenters. The molecular weight excluding hydrogens is 459 g/mol. The van der Waals surface area contributed by atoms with Gasteiger partial charge in [-0.25, -0.2) is 9.97 Å². The molecule has 0 spiro atoms. The molecule has 0 aliphatic heterocycles. The molecule has 32 heavy (non-hydrogen) atoms. The van der Waals surface area contributed by atoms with Gasteiger partial charge >= 0.3 is 6.18 Å². The Morgan fingerprint density at radius 3 is 2.53 bits per heavy atom. The number of alkyl halides is 3. The number of hydrogen-bond donors (Lipinski definition) is 1. The molecular formula is C22H16F3N3O2S2. The number of Topliss-reactive ketones (excluding diaryl/α,β-unsaturated/α-hetero) is 1. The van der Waals surface area contributed by atoms with Crippen LogP contribution in [0.1, 0.15) is 32.7 Å². The number of benzene rings is 2. The Kier molecular flexibility index (Phi) is 6.07. The van der Waals surface area contributed by atoms with Crippen molar-refractivity contribution in [3.8, 4) is 0 Å². The Labute approximate surface area is 189 Å². The van der Waals surface area contributed by atoms with Gasteiger partial charge in [0.1, 0.15) is 5.69 Å². The van der Waals surface area contributed by atoms with Crippen LogP contribution in [0, 0.1) is 6.92 Å². The predicted molar refractivity (Wildman–Crippen MR) is 118 cm³/mol. The topological polar surface area (TPSA) is 72.0 Å². The molecule has 5 nitrogen and oxygen atoms in total. The van der Waals surface area contributed by atoms with Gasteiger partial charge in [-0.05, 0) is 41.8 Å². The Balaban J connectivity index is 1.45. The number of aromatic nitrogens is 2. The summed E-state index contributed by atoms with van der Waals surface area (Å²) >= 11 is 2.59. The number of aryl methyl sites for hydroxylation is 1. The van der Waals surface area contributed by atoms with Crippen molar-refractivity contribution < 1.29 is 22.8 Å². The van der Waals surface area contributed by atoms with E-state index in [1.54, 1.807) is 23.0 Å². The third kappa shape index (κ3) is 5.03. The van der Waals surface area contributed by atoms with E-state index in [2.05, 4.69) is 15.3 Å². The number of thiazole rings is 2. The quantitative estimate of drug-likeness (QED) is 0.364. The first-order valence-corrected chi connectivity index (χ1v) is 11.2. The van der Waals surface area contributed by atoms with E-state index in [0.717, 1.165) is 16.3 Å². The number of carbonyl (C=O) groups is 2. The molecule has 164 valence electrons. The van der Waals surface area contributed by atoms with Crippen LogP contribution < -0.4 is 5.32 Å². The van der Waals surface area contributed by atoms with Gasteiger partial charge in [-0.15, -0.1) is 11.3 Å². The first-order valence-electron chi connectivity index (χ1n) is 9.46. The molecule has 1 amide bonds. The largest absolute Gasteiger partial charge is 0.416 e. The highest BCUT2D eigenvalue weighted by Crippen LogP contribution is 2.32. The summed E-state index contributed by atoms with van der Waals surface area (Å²) in [4.78, 5) is 33.0.